The lowest BCUT2D eigenvalue weighted by atomic mass is 9.81. The molecule has 1 atom stereocenters. The van der Waals surface area contributed by atoms with Crippen LogP contribution in [-0.4, -0.2) is 11.4 Å². The molecule has 2 rings (SSSR count). The van der Waals surface area contributed by atoms with E-state index >= 15 is 0 Å². The minimum absolute atomic E-state index is 0.0181. The van der Waals surface area contributed by atoms with E-state index in [-0.39, 0.29) is 11.9 Å². The lowest BCUT2D eigenvalue weighted by molar-refractivity contribution is -0.128. The molecule has 4 heteroatoms. The number of benzene rings is 1. The normalized spacial score (nSPS) is 19.7. The first kappa shape index (κ1) is 14.5. The summed E-state index contributed by atoms with van der Waals surface area (Å²) in [6, 6.07) is 7.90. The van der Waals surface area contributed by atoms with Crippen molar-refractivity contribution in [2.75, 3.05) is 0 Å². The van der Waals surface area contributed by atoms with Gasteiger partial charge in [-0.3, -0.25) is 4.79 Å². The molecule has 0 saturated heterocycles. The van der Waals surface area contributed by atoms with Crippen LogP contribution in [0.5, 0.6) is 0 Å². The molecular formula is C15H21BrN2O. The molecule has 104 valence electrons. The van der Waals surface area contributed by atoms with Gasteiger partial charge >= 0.3 is 0 Å². The van der Waals surface area contributed by atoms with Gasteiger partial charge in [-0.25, -0.2) is 0 Å². The molecule has 0 aromatic heterocycles. The molecule has 0 radical (unpaired) electrons. The quantitative estimate of drug-likeness (QED) is 0.896. The van der Waals surface area contributed by atoms with Crippen LogP contribution in [0.25, 0.3) is 0 Å². The third kappa shape index (κ3) is 3.37. The van der Waals surface area contributed by atoms with E-state index in [0.717, 1.165) is 35.7 Å². The van der Waals surface area contributed by atoms with Crippen molar-refractivity contribution in [3.63, 3.8) is 0 Å². The Hall–Kier alpha value is -0.870. The van der Waals surface area contributed by atoms with E-state index in [0.29, 0.717) is 0 Å². The van der Waals surface area contributed by atoms with Crippen LogP contribution in [0, 0.1) is 0 Å². The summed E-state index contributed by atoms with van der Waals surface area (Å²) in [5.41, 5.74) is 6.65. The highest BCUT2D eigenvalue weighted by molar-refractivity contribution is 9.10. The highest BCUT2D eigenvalue weighted by Gasteiger charge is 2.35. The van der Waals surface area contributed by atoms with Gasteiger partial charge in [0.2, 0.25) is 5.91 Å². The topological polar surface area (TPSA) is 55.1 Å². The summed E-state index contributed by atoms with van der Waals surface area (Å²) < 4.78 is 1.01. The van der Waals surface area contributed by atoms with Crippen molar-refractivity contribution < 1.29 is 4.79 Å². The molecule has 0 heterocycles. The average Bonchev–Trinajstić information content (AvgIpc) is 2.40. The minimum Gasteiger partial charge on any atom is -0.348 e. The monoisotopic (exact) mass is 324 g/mol. The van der Waals surface area contributed by atoms with Gasteiger partial charge < -0.3 is 11.1 Å². The molecule has 1 fully saturated rings. The molecule has 1 aliphatic carbocycles. The molecule has 1 aliphatic rings. The van der Waals surface area contributed by atoms with Crippen LogP contribution in [-0.2, 0) is 4.79 Å². The lowest BCUT2D eigenvalue weighted by Gasteiger charge is -2.33. The molecule has 3 N–H and O–H groups in total. The Morgan fingerprint density at radius 3 is 2.58 bits per heavy atom. The van der Waals surface area contributed by atoms with Gasteiger partial charge in [0.05, 0.1) is 11.6 Å². The number of hydrogen-bond donors (Lipinski definition) is 2. The summed E-state index contributed by atoms with van der Waals surface area (Å²) in [5.74, 6) is -0.0181. The molecular weight excluding hydrogens is 304 g/mol. The van der Waals surface area contributed by atoms with E-state index in [9.17, 15) is 4.79 Å². The van der Waals surface area contributed by atoms with Gasteiger partial charge in [0.15, 0.2) is 0 Å². The SMILES string of the molecule is CC(NC(=O)C1(N)CCCCC1)c1ccccc1Br. The van der Waals surface area contributed by atoms with E-state index in [1.807, 2.05) is 31.2 Å². The Balaban J connectivity index is 2.04. The third-order valence-electron chi connectivity index (χ3n) is 3.92. The highest BCUT2D eigenvalue weighted by atomic mass is 79.9. The second kappa shape index (κ2) is 6.06. The summed E-state index contributed by atoms with van der Waals surface area (Å²) in [6.45, 7) is 1.99. The Bertz CT molecular complexity index is 455. The van der Waals surface area contributed by atoms with Crippen molar-refractivity contribution in [1.29, 1.82) is 0 Å². The first-order valence-electron chi connectivity index (χ1n) is 6.87. The molecule has 0 bridgehead atoms. The van der Waals surface area contributed by atoms with Gasteiger partial charge in [-0.2, -0.15) is 0 Å². The lowest BCUT2D eigenvalue weighted by Crippen LogP contribution is -2.55. The number of carbonyl (C=O) groups excluding carboxylic acids is 1. The maximum absolute atomic E-state index is 12.4. The summed E-state index contributed by atoms with van der Waals surface area (Å²) in [7, 11) is 0. The fourth-order valence-corrected chi connectivity index (χ4v) is 3.28. The summed E-state index contributed by atoms with van der Waals surface area (Å²) >= 11 is 3.51. The van der Waals surface area contributed by atoms with E-state index in [1.165, 1.54) is 6.42 Å². The Kier molecular flexibility index (Phi) is 4.63. The van der Waals surface area contributed by atoms with Crippen molar-refractivity contribution in [2.24, 2.45) is 5.73 Å². The number of carbonyl (C=O) groups is 1. The number of nitrogens with two attached hydrogens (primary N) is 1. The summed E-state index contributed by atoms with van der Waals surface area (Å²) in [6.07, 6.45) is 4.87. The molecule has 1 aromatic carbocycles. The second-order valence-corrected chi connectivity index (χ2v) is 6.29. The number of nitrogens with one attached hydrogen (secondary N) is 1. The van der Waals surface area contributed by atoms with Gasteiger partial charge in [0.1, 0.15) is 0 Å². The fourth-order valence-electron chi connectivity index (χ4n) is 2.65. The van der Waals surface area contributed by atoms with Crippen LogP contribution in [0.2, 0.25) is 0 Å². The maximum atomic E-state index is 12.4. The van der Waals surface area contributed by atoms with Crippen molar-refractivity contribution >= 4 is 21.8 Å². The second-order valence-electron chi connectivity index (χ2n) is 5.43. The van der Waals surface area contributed by atoms with Crippen LogP contribution in [0.1, 0.15) is 50.6 Å². The third-order valence-corrected chi connectivity index (χ3v) is 4.64. The molecule has 1 amide bonds. The number of hydrogen-bond acceptors (Lipinski definition) is 2. The fraction of sp³-hybridized carbons (Fsp3) is 0.533. The molecule has 1 unspecified atom stereocenters. The predicted molar refractivity (Wildman–Crippen MR) is 80.7 cm³/mol. The number of rotatable bonds is 3. The van der Waals surface area contributed by atoms with Gasteiger partial charge in [-0.1, -0.05) is 53.4 Å². The zero-order valence-electron chi connectivity index (χ0n) is 11.3. The van der Waals surface area contributed by atoms with Crippen molar-refractivity contribution in [1.82, 2.24) is 5.32 Å². The van der Waals surface area contributed by atoms with E-state index in [1.54, 1.807) is 0 Å². The van der Waals surface area contributed by atoms with Crippen molar-refractivity contribution in [2.45, 2.75) is 50.6 Å². The van der Waals surface area contributed by atoms with E-state index in [4.69, 9.17) is 5.73 Å². The van der Waals surface area contributed by atoms with Crippen LogP contribution >= 0.6 is 15.9 Å². The molecule has 1 aromatic rings. The Labute approximate surface area is 123 Å². The average molecular weight is 325 g/mol. The largest absolute Gasteiger partial charge is 0.348 e. The van der Waals surface area contributed by atoms with Gasteiger partial charge in [-0.05, 0) is 31.4 Å². The van der Waals surface area contributed by atoms with Crippen molar-refractivity contribution in [3.8, 4) is 0 Å². The van der Waals surface area contributed by atoms with Gasteiger partial charge in [0.25, 0.3) is 0 Å². The van der Waals surface area contributed by atoms with Crippen LogP contribution < -0.4 is 11.1 Å². The smallest absolute Gasteiger partial charge is 0.240 e. The van der Waals surface area contributed by atoms with Crippen LogP contribution in [0.3, 0.4) is 0 Å². The van der Waals surface area contributed by atoms with Gasteiger partial charge in [0, 0.05) is 4.47 Å². The van der Waals surface area contributed by atoms with Crippen LogP contribution in [0.4, 0.5) is 0 Å². The summed E-state index contributed by atoms with van der Waals surface area (Å²) in [4.78, 5) is 12.4. The molecule has 1 saturated carbocycles. The predicted octanol–water partition coefficient (Wildman–Crippen LogP) is 3.29. The molecule has 0 aliphatic heterocycles. The zero-order chi connectivity index (χ0) is 13.9. The van der Waals surface area contributed by atoms with E-state index in [2.05, 4.69) is 21.2 Å². The molecule has 3 nitrogen and oxygen atoms in total. The summed E-state index contributed by atoms with van der Waals surface area (Å²) in [5, 5.41) is 3.05. The highest BCUT2D eigenvalue weighted by Crippen LogP contribution is 2.28. The molecule has 0 spiro atoms. The number of halogens is 1. The van der Waals surface area contributed by atoms with E-state index < -0.39 is 5.54 Å². The maximum Gasteiger partial charge on any atom is 0.240 e. The first-order chi connectivity index (χ1) is 9.03. The zero-order valence-corrected chi connectivity index (χ0v) is 12.9. The van der Waals surface area contributed by atoms with Crippen molar-refractivity contribution in [3.05, 3.63) is 34.3 Å². The first-order valence-corrected chi connectivity index (χ1v) is 7.66. The Morgan fingerprint density at radius 1 is 1.32 bits per heavy atom. The van der Waals surface area contributed by atoms with Gasteiger partial charge in [-0.15, -0.1) is 0 Å². The number of amides is 1. The Morgan fingerprint density at radius 2 is 1.95 bits per heavy atom. The van der Waals surface area contributed by atoms with Crippen LogP contribution in [0.15, 0.2) is 28.7 Å². The molecule has 19 heavy (non-hydrogen) atoms. The minimum atomic E-state index is -0.673. The standard InChI is InChI=1S/C15H21BrN2O/c1-11(12-7-3-4-8-13(12)16)18-14(19)15(17)9-5-2-6-10-15/h3-4,7-8,11H,2,5-6,9-10,17H2,1H3,(H,18,19).